The number of nitrogens with zero attached hydrogens (tertiary/aromatic N) is 3. The van der Waals surface area contributed by atoms with Gasteiger partial charge in [0.2, 0.25) is 5.91 Å². The lowest BCUT2D eigenvalue weighted by atomic mass is 9.58. The molecule has 0 radical (unpaired) electrons. The average molecular weight is 353 g/mol. The Bertz CT molecular complexity index is 812. The van der Waals surface area contributed by atoms with Gasteiger partial charge in [-0.2, -0.15) is 0 Å². The Morgan fingerprint density at radius 3 is 2.62 bits per heavy atom. The Morgan fingerprint density at radius 2 is 1.92 bits per heavy atom. The molecule has 6 heteroatoms. The largest absolute Gasteiger partial charge is 0.366 e. The molecule has 3 aliphatic rings. The second-order valence-electron chi connectivity index (χ2n) is 8.37. The molecule has 1 saturated heterocycles. The van der Waals surface area contributed by atoms with Gasteiger partial charge in [0.25, 0.3) is 0 Å². The lowest BCUT2D eigenvalue weighted by Gasteiger charge is -2.51. The first-order valence-corrected chi connectivity index (χ1v) is 9.89. The van der Waals surface area contributed by atoms with Crippen molar-refractivity contribution in [3.63, 3.8) is 0 Å². The smallest absolute Gasteiger partial charge is 0.242 e. The Hall–Kier alpha value is -2.08. The Morgan fingerprint density at radius 1 is 1.15 bits per heavy atom. The number of nitrogens with two attached hydrogens (primary N) is 1. The summed E-state index contributed by atoms with van der Waals surface area (Å²) < 4.78 is 0. The molecular formula is C20H27N5O. The number of piperazine rings is 1. The molecule has 3 N–H and O–H groups in total. The van der Waals surface area contributed by atoms with E-state index in [1.807, 2.05) is 11.0 Å². The summed E-state index contributed by atoms with van der Waals surface area (Å²) in [6.45, 7) is 3.15. The first-order valence-electron chi connectivity index (χ1n) is 9.89. The summed E-state index contributed by atoms with van der Waals surface area (Å²) in [5.41, 5.74) is 9.08. The van der Waals surface area contributed by atoms with Crippen LogP contribution >= 0.6 is 0 Å². The molecule has 6 nitrogen and oxygen atoms in total. The summed E-state index contributed by atoms with van der Waals surface area (Å²) in [4.78, 5) is 24.9. The number of hydrogen-bond donors (Lipinski definition) is 2. The van der Waals surface area contributed by atoms with E-state index in [0.717, 1.165) is 61.7 Å². The average Bonchev–Trinajstić information content (AvgIpc) is 3.07. The highest BCUT2D eigenvalue weighted by atomic mass is 16.2. The quantitative estimate of drug-likeness (QED) is 0.886. The van der Waals surface area contributed by atoms with Gasteiger partial charge in [0.15, 0.2) is 0 Å². The summed E-state index contributed by atoms with van der Waals surface area (Å²) in [5, 5.41) is 0. The molecule has 1 aromatic heterocycles. The third kappa shape index (κ3) is 2.50. The lowest BCUT2D eigenvalue weighted by Crippen LogP contribution is -2.66. The van der Waals surface area contributed by atoms with E-state index >= 15 is 0 Å². The van der Waals surface area contributed by atoms with Crippen molar-refractivity contribution in [1.29, 1.82) is 0 Å². The van der Waals surface area contributed by atoms with Gasteiger partial charge in [-0.1, -0.05) is 25.3 Å². The van der Waals surface area contributed by atoms with Crippen LogP contribution in [0.25, 0.3) is 11.0 Å². The van der Waals surface area contributed by atoms with E-state index in [-0.39, 0.29) is 5.91 Å². The monoisotopic (exact) mass is 353 g/mol. The van der Waals surface area contributed by atoms with Crippen molar-refractivity contribution in [3.8, 4) is 0 Å². The number of para-hydroxylation sites is 1. The van der Waals surface area contributed by atoms with Crippen molar-refractivity contribution in [3.05, 3.63) is 24.5 Å². The number of benzene rings is 1. The van der Waals surface area contributed by atoms with Gasteiger partial charge < -0.3 is 20.5 Å². The number of aromatic amines is 1. The number of anilines is 1. The third-order valence-corrected chi connectivity index (χ3v) is 6.83. The van der Waals surface area contributed by atoms with E-state index in [4.69, 9.17) is 5.73 Å². The van der Waals surface area contributed by atoms with Crippen LogP contribution in [0.1, 0.15) is 32.1 Å². The Balaban J connectivity index is 1.22. The van der Waals surface area contributed by atoms with Gasteiger partial charge in [-0.05, 0) is 36.8 Å². The van der Waals surface area contributed by atoms with Crippen molar-refractivity contribution in [1.82, 2.24) is 14.9 Å². The zero-order valence-electron chi connectivity index (χ0n) is 15.2. The van der Waals surface area contributed by atoms with Crippen molar-refractivity contribution >= 4 is 22.6 Å². The zero-order valence-corrected chi connectivity index (χ0v) is 15.2. The van der Waals surface area contributed by atoms with Crippen LogP contribution in [0.5, 0.6) is 0 Å². The molecule has 2 heterocycles. The van der Waals surface area contributed by atoms with E-state index in [9.17, 15) is 4.79 Å². The molecule has 5 rings (SSSR count). The number of nitrogens with one attached hydrogen (secondary N) is 1. The van der Waals surface area contributed by atoms with E-state index in [1.165, 1.54) is 19.3 Å². The number of carbonyl (C=O) groups is 1. The van der Waals surface area contributed by atoms with Gasteiger partial charge in [0.05, 0.1) is 23.1 Å². The van der Waals surface area contributed by atoms with Crippen molar-refractivity contribution in [2.24, 2.45) is 17.6 Å². The summed E-state index contributed by atoms with van der Waals surface area (Å²) in [5.74, 6) is 1.70. The zero-order chi connectivity index (χ0) is 17.7. The van der Waals surface area contributed by atoms with Gasteiger partial charge >= 0.3 is 0 Å². The van der Waals surface area contributed by atoms with Crippen LogP contribution in [0, 0.1) is 11.8 Å². The molecule has 2 aliphatic carbocycles. The highest BCUT2D eigenvalue weighted by Crippen LogP contribution is 2.48. The number of fused-ring (bicyclic) bond motifs is 1. The topological polar surface area (TPSA) is 78.3 Å². The fourth-order valence-corrected chi connectivity index (χ4v) is 4.97. The molecular weight excluding hydrogens is 326 g/mol. The maximum atomic E-state index is 13.0. The van der Waals surface area contributed by atoms with Gasteiger partial charge in [0.1, 0.15) is 5.52 Å². The molecule has 26 heavy (non-hydrogen) atoms. The second kappa shape index (κ2) is 5.98. The standard InChI is InChI=1S/C20H27N5O/c21-20(11-15(12-20)14-3-1-4-14)19(26)25-9-7-24(8-10-25)17-6-2-5-16-18(17)23-13-22-16/h2,5-6,13-15H,1,3-4,7-12,21H2,(H,22,23). The summed E-state index contributed by atoms with van der Waals surface area (Å²) in [7, 11) is 0. The highest BCUT2D eigenvalue weighted by molar-refractivity contribution is 5.89. The fourth-order valence-electron chi connectivity index (χ4n) is 4.97. The highest BCUT2D eigenvalue weighted by Gasteiger charge is 2.51. The van der Waals surface area contributed by atoms with E-state index in [1.54, 1.807) is 6.33 Å². The fraction of sp³-hybridized carbons (Fsp3) is 0.600. The van der Waals surface area contributed by atoms with Crippen molar-refractivity contribution < 1.29 is 4.79 Å². The van der Waals surface area contributed by atoms with Crippen LogP contribution in [-0.2, 0) is 4.79 Å². The van der Waals surface area contributed by atoms with E-state index in [2.05, 4.69) is 27.0 Å². The molecule has 0 atom stereocenters. The van der Waals surface area contributed by atoms with Gasteiger partial charge in [-0.15, -0.1) is 0 Å². The van der Waals surface area contributed by atoms with Crippen molar-refractivity contribution in [2.75, 3.05) is 31.1 Å². The van der Waals surface area contributed by atoms with Crippen LogP contribution in [-0.4, -0.2) is 52.5 Å². The minimum Gasteiger partial charge on any atom is -0.366 e. The summed E-state index contributed by atoms with van der Waals surface area (Å²) >= 11 is 0. The molecule has 0 bridgehead atoms. The number of carbonyl (C=O) groups excluding carboxylic acids is 1. The number of aromatic nitrogens is 2. The maximum absolute atomic E-state index is 13.0. The minimum atomic E-state index is -0.593. The third-order valence-electron chi connectivity index (χ3n) is 6.83. The van der Waals surface area contributed by atoms with Crippen LogP contribution in [0.2, 0.25) is 0 Å². The van der Waals surface area contributed by atoms with Gasteiger partial charge in [-0.3, -0.25) is 4.79 Å². The number of amides is 1. The molecule has 2 aromatic rings. The molecule has 3 fully saturated rings. The normalized spacial score (nSPS) is 29.5. The number of imidazole rings is 1. The number of hydrogen-bond acceptors (Lipinski definition) is 4. The minimum absolute atomic E-state index is 0.172. The first kappa shape index (κ1) is 16.1. The molecule has 138 valence electrons. The first-order chi connectivity index (χ1) is 12.6. The molecule has 1 aliphatic heterocycles. The van der Waals surface area contributed by atoms with E-state index in [0.29, 0.717) is 5.92 Å². The van der Waals surface area contributed by atoms with E-state index < -0.39 is 5.54 Å². The van der Waals surface area contributed by atoms with Crippen molar-refractivity contribution in [2.45, 2.75) is 37.6 Å². The van der Waals surface area contributed by atoms with Gasteiger partial charge in [0, 0.05) is 26.2 Å². The predicted molar refractivity (Wildman–Crippen MR) is 102 cm³/mol. The maximum Gasteiger partial charge on any atom is 0.242 e. The van der Waals surface area contributed by atoms with Gasteiger partial charge in [-0.25, -0.2) is 4.98 Å². The van der Waals surface area contributed by atoms with Crippen LogP contribution in [0.3, 0.4) is 0 Å². The summed E-state index contributed by atoms with van der Waals surface area (Å²) in [6.07, 6.45) is 7.56. The molecule has 1 amide bonds. The van der Waals surface area contributed by atoms with Crippen LogP contribution < -0.4 is 10.6 Å². The molecule has 2 saturated carbocycles. The molecule has 0 spiro atoms. The predicted octanol–water partition coefficient (Wildman–Crippen LogP) is 2.12. The molecule has 1 aromatic carbocycles. The lowest BCUT2D eigenvalue weighted by molar-refractivity contribution is -0.144. The number of H-pyrrole nitrogens is 1. The summed E-state index contributed by atoms with van der Waals surface area (Å²) in [6, 6.07) is 6.20. The second-order valence-corrected chi connectivity index (χ2v) is 8.37. The Labute approximate surface area is 153 Å². The molecule has 0 unspecified atom stereocenters. The SMILES string of the molecule is NC1(C(=O)N2CCN(c3cccc4[nH]cnc34)CC2)CC(C2CCC2)C1. The van der Waals surface area contributed by atoms with Crippen LogP contribution in [0.4, 0.5) is 5.69 Å². The number of rotatable bonds is 3. The van der Waals surface area contributed by atoms with Crippen LogP contribution in [0.15, 0.2) is 24.5 Å². The Kier molecular flexibility index (Phi) is 3.71.